The van der Waals surface area contributed by atoms with Crippen LogP contribution in [0.2, 0.25) is 0 Å². The van der Waals surface area contributed by atoms with E-state index in [0.717, 1.165) is 6.42 Å². The maximum atomic E-state index is 9.43. The lowest BCUT2D eigenvalue weighted by molar-refractivity contribution is -0.137. The molecule has 10 heavy (non-hydrogen) atoms. The van der Waals surface area contributed by atoms with Gasteiger partial charge in [-0.15, -0.1) is 0 Å². The minimum atomic E-state index is -0.177. The van der Waals surface area contributed by atoms with Crippen molar-refractivity contribution in [1.29, 1.82) is 0 Å². The molecule has 0 spiro atoms. The molecule has 0 aromatic rings. The Morgan fingerprint density at radius 1 is 1.50 bits per heavy atom. The molecule has 1 rings (SSSR count). The Hall–Kier alpha value is -0.0800. The molecule has 1 heterocycles. The topological polar surface area (TPSA) is 29.5 Å². The Morgan fingerprint density at radius 2 is 2.10 bits per heavy atom. The highest BCUT2D eigenvalue weighted by atomic mass is 16.5. The monoisotopic (exact) mass is 144 g/mol. The fourth-order valence-corrected chi connectivity index (χ4v) is 1.29. The lowest BCUT2D eigenvalue weighted by Gasteiger charge is -2.39. The van der Waals surface area contributed by atoms with Crippen LogP contribution in [-0.2, 0) is 4.74 Å². The summed E-state index contributed by atoms with van der Waals surface area (Å²) >= 11 is 0. The van der Waals surface area contributed by atoms with Crippen LogP contribution in [0, 0.1) is 5.92 Å². The van der Waals surface area contributed by atoms with Crippen molar-refractivity contribution in [2.75, 3.05) is 6.61 Å². The molecule has 0 bridgehead atoms. The molecule has 60 valence electrons. The third-order valence-electron chi connectivity index (χ3n) is 2.56. The third-order valence-corrected chi connectivity index (χ3v) is 2.56. The van der Waals surface area contributed by atoms with Crippen LogP contribution in [-0.4, -0.2) is 23.4 Å². The molecule has 1 N–H and O–H groups in total. The van der Waals surface area contributed by atoms with Gasteiger partial charge in [-0.1, -0.05) is 6.92 Å². The first-order valence-electron chi connectivity index (χ1n) is 3.86. The molecule has 2 unspecified atom stereocenters. The van der Waals surface area contributed by atoms with Gasteiger partial charge in [0.25, 0.3) is 0 Å². The van der Waals surface area contributed by atoms with Crippen LogP contribution >= 0.6 is 0 Å². The Kier molecular flexibility index (Phi) is 2.02. The average molecular weight is 144 g/mol. The molecule has 0 aromatic heterocycles. The molecule has 0 aliphatic carbocycles. The van der Waals surface area contributed by atoms with Gasteiger partial charge >= 0.3 is 0 Å². The van der Waals surface area contributed by atoms with Crippen LogP contribution in [0.25, 0.3) is 0 Å². The van der Waals surface area contributed by atoms with E-state index >= 15 is 0 Å². The second-order valence-electron chi connectivity index (χ2n) is 3.60. The fourth-order valence-electron chi connectivity index (χ4n) is 1.29. The molecule has 1 aliphatic heterocycles. The van der Waals surface area contributed by atoms with E-state index in [0.29, 0.717) is 6.61 Å². The number of rotatable bonds is 0. The van der Waals surface area contributed by atoms with Crippen LogP contribution < -0.4 is 0 Å². The van der Waals surface area contributed by atoms with Gasteiger partial charge in [0.1, 0.15) is 0 Å². The van der Waals surface area contributed by atoms with Gasteiger partial charge in [-0.25, -0.2) is 0 Å². The Labute approximate surface area is 62.2 Å². The second kappa shape index (κ2) is 2.51. The Balaban J connectivity index is 2.60. The van der Waals surface area contributed by atoms with E-state index in [9.17, 15) is 5.11 Å². The molecule has 2 atom stereocenters. The van der Waals surface area contributed by atoms with Crippen molar-refractivity contribution in [3.05, 3.63) is 0 Å². The van der Waals surface area contributed by atoms with E-state index in [-0.39, 0.29) is 17.6 Å². The lowest BCUT2D eigenvalue weighted by Crippen LogP contribution is -2.45. The van der Waals surface area contributed by atoms with Crippen molar-refractivity contribution < 1.29 is 9.84 Å². The largest absolute Gasteiger partial charge is 0.393 e. The van der Waals surface area contributed by atoms with Crippen LogP contribution in [0.4, 0.5) is 0 Å². The summed E-state index contributed by atoms with van der Waals surface area (Å²) in [4.78, 5) is 0. The van der Waals surface area contributed by atoms with Gasteiger partial charge in [-0.3, -0.25) is 0 Å². The first-order valence-corrected chi connectivity index (χ1v) is 3.86. The summed E-state index contributed by atoms with van der Waals surface area (Å²) < 4.78 is 5.49. The smallest absolute Gasteiger partial charge is 0.0676 e. The molecule has 0 saturated carbocycles. The summed E-state index contributed by atoms with van der Waals surface area (Å²) in [7, 11) is 0. The molecule has 1 saturated heterocycles. The molecule has 2 heteroatoms. The SMILES string of the molecule is CC1C(O)CCOC1(C)C. The Morgan fingerprint density at radius 3 is 2.50 bits per heavy atom. The lowest BCUT2D eigenvalue weighted by atomic mass is 9.84. The number of hydrogen-bond acceptors (Lipinski definition) is 2. The van der Waals surface area contributed by atoms with E-state index in [1.165, 1.54) is 0 Å². The van der Waals surface area contributed by atoms with Gasteiger partial charge in [0.05, 0.1) is 11.7 Å². The predicted octanol–water partition coefficient (Wildman–Crippen LogP) is 1.18. The highest BCUT2D eigenvalue weighted by molar-refractivity contribution is 4.85. The highest BCUT2D eigenvalue weighted by Gasteiger charge is 2.35. The number of hydrogen-bond donors (Lipinski definition) is 1. The van der Waals surface area contributed by atoms with Crippen LogP contribution in [0.5, 0.6) is 0 Å². The normalized spacial score (nSPS) is 39.6. The standard InChI is InChI=1S/C8H16O2/c1-6-7(9)4-5-10-8(6,2)3/h6-7,9H,4-5H2,1-3H3. The third kappa shape index (κ3) is 1.32. The van der Waals surface area contributed by atoms with Crippen LogP contribution in [0.1, 0.15) is 27.2 Å². The minimum absolute atomic E-state index is 0.141. The molecule has 0 aromatic carbocycles. The van der Waals surface area contributed by atoms with Crippen molar-refractivity contribution in [3.63, 3.8) is 0 Å². The number of aliphatic hydroxyl groups excluding tert-OH is 1. The van der Waals surface area contributed by atoms with E-state index in [1.54, 1.807) is 0 Å². The van der Waals surface area contributed by atoms with Crippen LogP contribution in [0.3, 0.4) is 0 Å². The van der Waals surface area contributed by atoms with E-state index in [4.69, 9.17) is 4.74 Å². The quantitative estimate of drug-likeness (QED) is 0.553. The zero-order valence-electron chi connectivity index (χ0n) is 6.92. The van der Waals surface area contributed by atoms with Crippen molar-refractivity contribution in [1.82, 2.24) is 0 Å². The van der Waals surface area contributed by atoms with Crippen molar-refractivity contribution in [2.45, 2.75) is 38.9 Å². The summed E-state index contributed by atoms with van der Waals surface area (Å²) in [5, 5.41) is 9.43. The van der Waals surface area contributed by atoms with E-state index in [2.05, 4.69) is 0 Å². The molecule has 2 nitrogen and oxygen atoms in total. The molecule has 0 radical (unpaired) electrons. The maximum Gasteiger partial charge on any atom is 0.0676 e. The zero-order valence-corrected chi connectivity index (χ0v) is 6.92. The molecule has 0 amide bonds. The first kappa shape index (κ1) is 8.02. The van der Waals surface area contributed by atoms with Gasteiger partial charge in [-0.05, 0) is 20.3 Å². The first-order chi connectivity index (χ1) is 4.54. The van der Waals surface area contributed by atoms with Gasteiger partial charge in [-0.2, -0.15) is 0 Å². The average Bonchev–Trinajstić information content (AvgIpc) is 1.83. The van der Waals surface area contributed by atoms with Crippen molar-refractivity contribution in [3.8, 4) is 0 Å². The van der Waals surface area contributed by atoms with Gasteiger partial charge < -0.3 is 9.84 Å². The predicted molar refractivity (Wildman–Crippen MR) is 39.8 cm³/mol. The maximum absolute atomic E-state index is 9.43. The summed E-state index contributed by atoms with van der Waals surface area (Å²) in [6.07, 6.45) is 0.605. The Bertz CT molecular complexity index is 120. The summed E-state index contributed by atoms with van der Waals surface area (Å²) in [5.74, 6) is 0.251. The number of aliphatic hydroxyl groups is 1. The summed E-state index contributed by atoms with van der Waals surface area (Å²) in [5.41, 5.74) is -0.141. The number of ether oxygens (including phenoxy) is 1. The molecular weight excluding hydrogens is 128 g/mol. The summed E-state index contributed by atoms with van der Waals surface area (Å²) in [6.45, 7) is 6.78. The highest BCUT2D eigenvalue weighted by Crippen LogP contribution is 2.29. The fraction of sp³-hybridized carbons (Fsp3) is 1.00. The van der Waals surface area contributed by atoms with Gasteiger partial charge in [0.2, 0.25) is 0 Å². The van der Waals surface area contributed by atoms with Gasteiger partial charge in [0.15, 0.2) is 0 Å². The van der Waals surface area contributed by atoms with Gasteiger partial charge in [0, 0.05) is 12.5 Å². The molecule has 1 fully saturated rings. The van der Waals surface area contributed by atoms with Crippen LogP contribution in [0.15, 0.2) is 0 Å². The van der Waals surface area contributed by atoms with E-state index < -0.39 is 0 Å². The van der Waals surface area contributed by atoms with E-state index in [1.807, 2.05) is 20.8 Å². The zero-order chi connectivity index (χ0) is 7.78. The van der Waals surface area contributed by atoms with Crippen molar-refractivity contribution >= 4 is 0 Å². The summed E-state index contributed by atoms with van der Waals surface area (Å²) in [6, 6.07) is 0. The minimum Gasteiger partial charge on any atom is -0.393 e. The molecular formula is C8H16O2. The van der Waals surface area contributed by atoms with Crippen molar-refractivity contribution in [2.24, 2.45) is 5.92 Å². The second-order valence-corrected chi connectivity index (χ2v) is 3.60. The molecule has 1 aliphatic rings.